The average molecular weight is 321 g/mol. The van der Waals surface area contributed by atoms with Crippen molar-refractivity contribution in [2.45, 2.75) is 32.0 Å². The molecule has 1 aliphatic heterocycles. The summed E-state index contributed by atoms with van der Waals surface area (Å²) in [6, 6.07) is 4.16. The van der Waals surface area contributed by atoms with Crippen molar-refractivity contribution in [3.05, 3.63) is 35.4 Å². The van der Waals surface area contributed by atoms with Gasteiger partial charge in [0.25, 0.3) is 0 Å². The zero-order valence-corrected chi connectivity index (χ0v) is 12.8. The second-order valence-electron chi connectivity index (χ2n) is 5.83. The van der Waals surface area contributed by atoms with Crippen LogP contribution in [0.3, 0.4) is 0 Å². The van der Waals surface area contributed by atoms with E-state index < -0.39 is 5.67 Å². The van der Waals surface area contributed by atoms with Crippen LogP contribution >= 0.6 is 0 Å². The maximum absolute atomic E-state index is 14.0. The molecule has 122 valence electrons. The number of ether oxygens (including phenoxy) is 1. The zero-order chi connectivity index (χ0) is 16.6. The first-order valence-electron chi connectivity index (χ1n) is 7.22. The van der Waals surface area contributed by atoms with Gasteiger partial charge in [-0.3, -0.25) is 0 Å². The normalized spacial score (nSPS) is 17.3. The minimum Gasteiger partial charge on any atom is -0.493 e. The van der Waals surface area contributed by atoms with Crippen LogP contribution in [0.25, 0.3) is 0 Å². The second kappa shape index (κ2) is 5.60. The predicted octanol–water partition coefficient (Wildman–Crippen LogP) is 2.73. The number of benzene rings is 1. The first kappa shape index (κ1) is 15.4. The SMILES string of the molecule is CC(C)(F)c1nc(N)nc(NC2CCOc3cc(F)ccc32)n1. The van der Waals surface area contributed by atoms with Crippen molar-refractivity contribution in [3.63, 3.8) is 0 Å². The number of halogens is 2. The predicted molar refractivity (Wildman–Crippen MR) is 81.2 cm³/mol. The van der Waals surface area contributed by atoms with E-state index in [0.29, 0.717) is 18.8 Å². The molecule has 8 heteroatoms. The molecular weight excluding hydrogens is 304 g/mol. The fourth-order valence-electron chi connectivity index (χ4n) is 2.39. The van der Waals surface area contributed by atoms with E-state index in [0.717, 1.165) is 5.56 Å². The number of alkyl halides is 1. The summed E-state index contributed by atoms with van der Waals surface area (Å²) in [5.41, 5.74) is 4.69. The minimum atomic E-state index is -1.73. The molecule has 1 aliphatic rings. The van der Waals surface area contributed by atoms with Gasteiger partial charge in [-0.05, 0) is 19.9 Å². The Labute approximate surface area is 132 Å². The lowest BCUT2D eigenvalue weighted by atomic mass is 10.0. The van der Waals surface area contributed by atoms with Gasteiger partial charge >= 0.3 is 0 Å². The van der Waals surface area contributed by atoms with Gasteiger partial charge in [-0.2, -0.15) is 15.0 Å². The van der Waals surface area contributed by atoms with Crippen molar-refractivity contribution >= 4 is 11.9 Å². The number of hydrogen-bond donors (Lipinski definition) is 2. The summed E-state index contributed by atoms with van der Waals surface area (Å²) < 4.78 is 32.8. The third kappa shape index (κ3) is 3.30. The van der Waals surface area contributed by atoms with Gasteiger partial charge in [0.05, 0.1) is 12.6 Å². The van der Waals surface area contributed by atoms with E-state index in [-0.39, 0.29) is 29.6 Å². The van der Waals surface area contributed by atoms with Crippen LogP contribution in [-0.4, -0.2) is 21.6 Å². The maximum atomic E-state index is 14.0. The molecule has 3 rings (SSSR count). The Morgan fingerprint density at radius 1 is 1.30 bits per heavy atom. The lowest BCUT2D eigenvalue weighted by Gasteiger charge is -2.27. The summed E-state index contributed by atoms with van der Waals surface area (Å²) in [6.45, 7) is 3.12. The highest BCUT2D eigenvalue weighted by Crippen LogP contribution is 2.34. The van der Waals surface area contributed by atoms with E-state index in [9.17, 15) is 8.78 Å². The largest absolute Gasteiger partial charge is 0.493 e. The molecule has 1 atom stereocenters. The van der Waals surface area contributed by atoms with Crippen LogP contribution in [0.2, 0.25) is 0 Å². The highest BCUT2D eigenvalue weighted by atomic mass is 19.1. The molecule has 3 N–H and O–H groups in total. The van der Waals surface area contributed by atoms with E-state index in [1.807, 2.05) is 0 Å². The molecular formula is C15H17F2N5O. The maximum Gasteiger partial charge on any atom is 0.228 e. The van der Waals surface area contributed by atoms with Crippen LogP contribution in [0.5, 0.6) is 5.75 Å². The number of aromatic nitrogens is 3. The number of nitrogens with two attached hydrogens (primary N) is 1. The molecule has 1 unspecified atom stereocenters. The molecule has 2 aromatic rings. The number of nitrogens with zero attached hydrogens (tertiary/aromatic N) is 3. The fraction of sp³-hybridized carbons (Fsp3) is 0.400. The topological polar surface area (TPSA) is 86.0 Å². The molecule has 0 spiro atoms. The van der Waals surface area contributed by atoms with Crippen molar-refractivity contribution in [1.82, 2.24) is 15.0 Å². The quantitative estimate of drug-likeness (QED) is 0.904. The summed E-state index contributed by atoms with van der Waals surface area (Å²) in [7, 11) is 0. The van der Waals surface area contributed by atoms with Gasteiger partial charge in [-0.25, -0.2) is 8.78 Å². The molecule has 0 amide bonds. The number of nitrogen functional groups attached to an aromatic ring is 1. The van der Waals surface area contributed by atoms with Gasteiger partial charge in [0.2, 0.25) is 11.9 Å². The van der Waals surface area contributed by atoms with Crippen LogP contribution < -0.4 is 15.8 Å². The number of nitrogens with one attached hydrogen (secondary N) is 1. The molecule has 0 bridgehead atoms. The van der Waals surface area contributed by atoms with Crippen LogP contribution in [0.15, 0.2) is 18.2 Å². The van der Waals surface area contributed by atoms with Gasteiger partial charge < -0.3 is 15.8 Å². The highest BCUT2D eigenvalue weighted by Gasteiger charge is 2.26. The minimum absolute atomic E-state index is 0.0427. The van der Waals surface area contributed by atoms with Gasteiger partial charge in [0, 0.05) is 18.1 Å². The Hall–Kier alpha value is -2.51. The highest BCUT2D eigenvalue weighted by molar-refractivity contribution is 5.43. The van der Waals surface area contributed by atoms with Crippen LogP contribution in [0.1, 0.15) is 37.7 Å². The summed E-state index contributed by atoms with van der Waals surface area (Å²) in [5, 5.41) is 3.10. The average Bonchev–Trinajstić information content (AvgIpc) is 2.45. The van der Waals surface area contributed by atoms with Crippen molar-refractivity contribution in [1.29, 1.82) is 0 Å². The van der Waals surface area contributed by atoms with E-state index in [4.69, 9.17) is 10.5 Å². The molecule has 23 heavy (non-hydrogen) atoms. The first-order chi connectivity index (χ1) is 10.8. The van der Waals surface area contributed by atoms with Gasteiger partial charge in [0.1, 0.15) is 11.6 Å². The summed E-state index contributed by atoms with van der Waals surface area (Å²) in [5.74, 6) is 0.186. The summed E-state index contributed by atoms with van der Waals surface area (Å²) in [6.07, 6.45) is 0.637. The monoisotopic (exact) mass is 321 g/mol. The molecule has 1 aromatic carbocycles. The lowest BCUT2D eigenvalue weighted by Crippen LogP contribution is -2.23. The molecule has 0 radical (unpaired) electrons. The zero-order valence-electron chi connectivity index (χ0n) is 12.8. The van der Waals surface area contributed by atoms with Crippen molar-refractivity contribution in [2.24, 2.45) is 0 Å². The molecule has 0 fully saturated rings. The van der Waals surface area contributed by atoms with Gasteiger partial charge in [-0.15, -0.1) is 0 Å². The molecule has 0 saturated carbocycles. The molecule has 6 nitrogen and oxygen atoms in total. The number of hydrogen-bond acceptors (Lipinski definition) is 6. The standard InChI is InChI=1S/C15H17F2N5O/c1-15(2,17)12-20-13(18)22-14(21-12)19-10-5-6-23-11-7-8(16)3-4-9(10)11/h3-4,7,10H,5-6H2,1-2H3,(H3,18,19,20,21,22). The Bertz CT molecular complexity index is 732. The number of rotatable bonds is 3. The third-order valence-corrected chi connectivity index (χ3v) is 3.50. The smallest absolute Gasteiger partial charge is 0.228 e. The lowest BCUT2D eigenvalue weighted by molar-refractivity contribution is 0.206. The Kier molecular flexibility index (Phi) is 3.75. The fourth-order valence-corrected chi connectivity index (χ4v) is 2.39. The van der Waals surface area contributed by atoms with Crippen LogP contribution in [0.4, 0.5) is 20.7 Å². The molecule has 2 heterocycles. The second-order valence-corrected chi connectivity index (χ2v) is 5.83. The number of anilines is 2. The van der Waals surface area contributed by atoms with Crippen LogP contribution in [-0.2, 0) is 5.67 Å². The van der Waals surface area contributed by atoms with Gasteiger partial charge in [-0.1, -0.05) is 6.07 Å². The van der Waals surface area contributed by atoms with E-state index in [1.54, 1.807) is 6.07 Å². The summed E-state index contributed by atoms with van der Waals surface area (Å²) >= 11 is 0. The first-order valence-corrected chi connectivity index (χ1v) is 7.22. The summed E-state index contributed by atoms with van der Waals surface area (Å²) in [4.78, 5) is 11.9. The molecule has 1 aromatic heterocycles. The Morgan fingerprint density at radius 2 is 2.09 bits per heavy atom. The Balaban J connectivity index is 1.91. The molecule has 0 saturated heterocycles. The molecule has 0 aliphatic carbocycles. The van der Waals surface area contributed by atoms with Crippen molar-refractivity contribution in [2.75, 3.05) is 17.7 Å². The Morgan fingerprint density at radius 3 is 2.83 bits per heavy atom. The number of fused-ring (bicyclic) bond motifs is 1. The van der Waals surface area contributed by atoms with E-state index in [1.165, 1.54) is 26.0 Å². The van der Waals surface area contributed by atoms with Crippen molar-refractivity contribution in [3.8, 4) is 5.75 Å². The van der Waals surface area contributed by atoms with Gasteiger partial charge in [0.15, 0.2) is 11.5 Å². The third-order valence-electron chi connectivity index (χ3n) is 3.50. The van der Waals surface area contributed by atoms with E-state index in [2.05, 4.69) is 20.3 Å². The van der Waals surface area contributed by atoms with E-state index >= 15 is 0 Å². The van der Waals surface area contributed by atoms with Crippen LogP contribution in [0, 0.1) is 5.82 Å². The van der Waals surface area contributed by atoms with Crippen molar-refractivity contribution < 1.29 is 13.5 Å².